The second-order valence-corrected chi connectivity index (χ2v) is 4.50. The third kappa shape index (κ3) is 3.32. The van der Waals surface area contributed by atoms with E-state index in [1.165, 1.54) is 0 Å². The monoisotopic (exact) mass is 210 g/mol. The lowest BCUT2D eigenvalue weighted by Gasteiger charge is -2.35. The molecule has 1 heterocycles. The molecule has 1 aliphatic rings. The zero-order valence-electron chi connectivity index (χ0n) is 10.2. The van der Waals surface area contributed by atoms with Crippen LogP contribution in [-0.2, 0) is 0 Å². The Bertz CT molecular complexity index is 257. The molecule has 1 rings (SSSR count). The number of hydrogen-bond acceptors (Lipinski definition) is 3. The van der Waals surface area contributed by atoms with Gasteiger partial charge in [0.25, 0.3) is 0 Å². The van der Waals surface area contributed by atoms with E-state index in [4.69, 9.17) is 4.99 Å². The average Bonchev–Trinajstić information content (AvgIpc) is 2.18. The van der Waals surface area contributed by atoms with Crippen molar-refractivity contribution >= 4 is 5.84 Å². The molecular formula is C11H22N4. The average molecular weight is 210 g/mol. The maximum Gasteiger partial charge on any atom is 0.128 e. The van der Waals surface area contributed by atoms with Crippen LogP contribution >= 0.6 is 0 Å². The summed E-state index contributed by atoms with van der Waals surface area (Å²) in [6.07, 6.45) is 1.88. The van der Waals surface area contributed by atoms with Gasteiger partial charge in [0.15, 0.2) is 0 Å². The van der Waals surface area contributed by atoms with Crippen molar-refractivity contribution in [2.75, 3.05) is 33.7 Å². The highest BCUT2D eigenvalue weighted by Gasteiger charge is 2.21. The number of aliphatic imine (C=N–C) groups is 1. The van der Waals surface area contributed by atoms with Gasteiger partial charge in [-0.15, -0.1) is 6.58 Å². The maximum absolute atomic E-state index is 4.71. The first-order valence-corrected chi connectivity index (χ1v) is 5.34. The van der Waals surface area contributed by atoms with Crippen LogP contribution in [0, 0.1) is 0 Å². The standard InChI is InChI=1S/C11H22N4/c1-6-11(2,3)13-10-9-14(5)7-8-15(10)12-4/h6,12H,1,7-9H2,2-5H3/b13-10-. The second kappa shape index (κ2) is 4.77. The Morgan fingerprint density at radius 2 is 2.13 bits per heavy atom. The number of piperazine rings is 1. The minimum atomic E-state index is -0.192. The van der Waals surface area contributed by atoms with E-state index in [0.717, 1.165) is 25.5 Å². The fourth-order valence-corrected chi connectivity index (χ4v) is 1.52. The van der Waals surface area contributed by atoms with Crippen molar-refractivity contribution < 1.29 is 0 Å². The smallest absolute Gasteiger partial charge is 0.128 e. The van der Waals surface area contributed by atoms with Crippen molar-refractivity contribution in [1.82, 2.24) is 15.3 Å². The summed E-state index contributed by atoms with van der Waals surface area (Å²) >= 11 is 0. The number of rotatable bonds is 3. The predicted octanol–water partition coefficient (Wildman–Crippen LogP) is 0.731. The van der Waals surface area contributed by atoms with Gasteiger partial charge in [-0.3, -0.25) is 14.9 Å². The van der Waals surface area contributed by atoms with E-state index in [2.05, 4.69) is 42.8 Å². The molecule has 0 spiro atoms. The molecule has 1 fully saturated rings. The highest BCUT2D eigenvalue weighted by atomic mass is 15.5. The van der Waals surface area contributed by atoms with E-state index in [1.807, 2.05) is 13.1 Å². The highest BCUT2D eigenvalue weighted by Crippen LogP contribution is 2.12. The van der Waals surface area contributed by atoms with Gasteiger partial charge in [-0.1, -0.05) is 6.08 Å². The van der Waals surface area contributed by atoms with Crippen LogP contribution in [0.25, 0.3) is 0 Å². The summed E-state index contributed by atoms with van der Waals surface area (Å²) in [4.78, 5) is 6.98. The third-order valence-corrected chi connectivity index (χ3v) is 2.61. The van der Waals surface area contributed by atoms with Crippen LogP contribution in [0.1, 0.15) is 13.8 Å². The Morgan fingerprint density at radius 1 is 1.47 bits per heavy atom. The van der Waals surface area contributed by atoms with Gasteiger partial charge in [0.2, 0.25) is 0 Å². The molecular weight excluding hydrogens is 188 g/mol. The van der Waals surface area contributed by atoms with Crippen LogP contribution in [0.3, 0.4) is 0 Å². The minimum absolute atomic E-state index is 0.192. The van der Waals surface area contributed by atoms with Crippen LogP contribution in [-0.4, -0.2) is 55.0 Å². The molecule has 0 amide bonds. The molecule has 4 nitrogen and oxygen atoms in total. The SMILES string of the molecule is C=CC(C)(C)/N=C1/CN(C)CCN1NC. The van der Waals surface area contributed by atoms with Gasteiger partial charge in [0.05, 0.1) is 12.1 Å². The van der Waals surface area contributed by atoms with Crippen LogP contribution in [0.5, 0.6) is 0 Å². The van der Waals surface area contributed by atoms with Gasteiger partial charge in [0, 0.05) is 20.1 Å². The Kier molecular flexibility index (Phi) is 3.88. The van der Waals surface area contributed by atoms with Crippen molar-refractivity contribution in [3.8, 4) is 0 Å². The number of nitrogens with zero attached hydrogens (tertiary/aromatic N) is 3. The lowest BCUT2D eigenvalue weighted by Crippen LogP contribution is -2.54. The summed E-state index contributed by atoms with van der Waals surface area (Å²) in [7, 11) is 4.05. The normalized spacial score (nSPS) is 22.1. The van der Waals surface area contributed by atoms with Gasteiger partial charge < -0.3 is 0 Å². The number of likely N-dealkylation sites (N-methyl/N-ethyl adjacent to an activating group) is 1. The molecule has 4 heteroatoms. The third-order valence-electron chi connectivity index (χ3n) is 2.61. The first-order valence-electron chi connectivity index (χ1n) is 5.34. The van der Waals surface area contributed by atoms with E-state index in [-0.39, 0.29) is 5.54 Å². The Hall–Kier alpha value is -0.870. The summed E-state index contributed by atoms with van der Waals surface area (Å²) in [5, 5.41) is 2.10. The lowest BCUT2D eigenvalue weighted by atomic mass is 10.1. The maximum atomic E-state index is 4.71. The van der Waals surface area contributed by atoms with Gasteiger partial charge in [-0.2, -0.15) is 0 Å². The van der Waals surface area contributed by atoms with Crippen molar-refractivity contribution in [3.63, 3.8) is 0 Å². The predicted molar refractivity (Wildman–Crippen MR) is 65.0 cm³/mol. The van der Waals surface area contributed by atoms with Crippen molar-refractivity contribution in [3.05, 3.63) is 12.7 Å². The van der Waals surface area contributed by atoms with Gasteiger partial charge in [0.1, 0.15) is 5.84 Å². The summed E-state index contributed by atoms with van der Waals surface area (Å²) < 4.78 is 0. The van der Waals surface area contributed by atoms with Crippen molar-refractivity contribution in [1.29, 1.82) is 0 Å². The van der Waals surface area contributed by atoms with Crippen molar-refractivity contribution in [2.24, 2.45) is 4.99 Å². The molecule has 1 N–H and O–H groups in total. The summed E-state index contributed by atoms with van der Waals surface area (Å²) in [6, 6.07) is 0. The molecule has 1 aliphatic heterocycles. The summed E-state index contributed by atoms with van der Waals surface area (Å²) in [6.45, 7) is 10.9. The molecule has 0 atom stereocenters. The summed E-state index contributed by atoms with van der Waals surface area (Å²) in [5.41, 5.74) is 2.97. The fraction of sp³-hybridized carbons (Fsp3) is 0.727. The largest absolute Gasteiger partial charge is 0.297 e. The van der Waals surface area contributed by atoms with E-state index >= 15 is 0 Å². The Balaban J connectivity index is 2.83. The van der Waals surface area contributed by atoms with Gasteiger partial charge >= 0.3 is 0 Å². The fourth-order valence-electron chi connectivity index (χ4n) is 1.52. The molecule has 0 radical (unpaired) electrons. The van der Waals surface area contributed by atoms with E-state index in [0.29, 0.717) is 0 Å². The zero-order valence-corrected chi connectivity index (χ0v) is 10.2. The number of hydrazine groups is 1. The van der Waals surface area contributed by atoms with E-state index in [1.54, 1.807) is 0 Å². The Labute approximate surface area is 92.6 Å². The molecule has 0 saturated carbocycles. The molecule has 1 saturated heterocycles. The van der Waals surface area contributed by atoms with Crippen LogP contribution < -0.4 is 5.43 Å². The first kappa shape index (κ1) is 12.2. The Morgan fingerprint density at radius 3 is 2.67 bits per heavy atom. The number of hydrogen-bond donors (Lipinski definition) is 1. The van der Waals surface area contributed by atoms with Crippen molar-refractivity contribution in [2.45, 2.75) is 19.4 Å². The first-order chi connectivity index (χ1) is 6.98. The van der Waals surface area contributed by atoms with Crippen LogP contribution in [0.4, 0.5) is 0 Å². The topological polar surface area (TPSA) is 30.9 Å². The van der Waals surface area contributed by atoms with Crippen LogP contribution in [0.15, 0.2) is 17.6 Å². The summed E-state index contributed by atoms with van der Waals surface area (Å²) in [5.74, 6) is 1.08. The molecule has 0 unspecified atom stereocenters. The molecule has 0 bridgehead atoms. The zero-order chi connectivity index (χ0) is 11.5. The molecule has 15 heavy (non-hydrogen) atoms. The van der Waals surface area contributed by atoms with E-state index in [9.17, 15) is 0 Å². The minimum Gasteiger partial charge on any atom is -0.297 e. The lowest BCUT2D eigenvalue weighted by molar-refractivity contribution is 0.226. The number of amidine groups is 1. The molecule has 0 aromatic heterocycles. The molecule has 86 valence electrons. The van der Waals surface area contributed by atoms with E-state index < -0.39 is 0 Å². The molecule has 0 aromatic carbocycles. The van der Waals surface area contributed by atoms with Crippen LogP contribution in [0.2, 0.25) is 0 Å². The van der Waals surface area contributed by atoms with Gasteiger partial charge in [-0.05, 0) is 20.9 Å². The highest BCUT2D eigenvalue weighted by molar-refractivity contribution is 5.85. The quantitative estimate of drug-likeness (QED) is 0.697. The number of nitrogens with one attached hydrogen (secondary N) is 1. The molecule has 0 aliphatic carbocycles. The molecule has 0 aromatic rings. The van der Waals surface area contributed by atoms with Gasteiger partial charge in [-0.25, -0.2) is 5.43 Å². The second-order valence-electron chi connectivity index (χ2n) is 4.50.